The monoisotopic (exact) mass is 500 g/mol. The number of amides is 1. The fourth-order valence-corrected chi connectivity index (χ4v) is 5.33. The number of nitrogens with zero attached hydrogens (tertiary/aromatic N) is 4. The first-order valence-electron chi connectivity index (χ1n) is 11.5. The summed E-state index contributed by atoms with van der Waals surface area (Å²) < 4.78 is 43.6. The van der Waals surface area contributed by atoms with Gasteiger partial charge in [0.1, 0.15) is 23.7 Å². The summed E-state index contributed by atoms with van der Waals surface area (Å²) in [6.07, 6.45) is 2.96. The number of anilines is 1. The van der Waals surface area contributed by atoms with Crippen LogP contribution in [0, 0.1) is 12.7 Å². The van der Waals surface area contributed by atoms with Gasteiger partial charge in [-0.15, -0.1) is 10.2 Å². The van der Waals surface area contributed by atoms with E-state index in [1.807, 2.05) is 25.3 Å². The van der Waals surface area contributed by atoms with Gasteiger partial charge in [-0.25, -0.2) is 22.5 Å². The summed E-state index contributed by atoms with van der Waals surface area (Å²) in [7, 11) is -3.33. The molecule has 2 aromatic heterocycles. The Morgan fingerprint density at radius 3 is 2.66 bits per heavy atom. The molecule has 0 bridgehead atoms. The van der Waals surface area contributed by atoms with Crippen LogP contribution < -0.4 is 10.0 Å². The Balaban J connectivity index is 1.53. The lowest BCUT2D eigenvalue weighted by Crippen LogP contribution is -2.30. The standard InChI is InChI=1S/C24H29FN6O3S/c1-14(2)31-13-26-30-23(31)21-6-5-7-22(28-21)29-24(32)19-11-18(15(3)10-20(19)25)16(4)12-27-35(33,34)17-8-9-17/h5-7,10-11,13-14,16-17,27H,8-9,12H2,1-4H3,(H,28,29,32). The molecule has 1 fully saturated rings. The highest BCUT2D eigenvalue weighted by Gasteiger charge is 2.35. The van der Waals surface area contributed by atoms with E-state index in [4.69, 9.17) is 0 Å². The Labute approximate surface area is 204 Å². The van der Waals surface area contributed by atoms with Gasteiger partial charge in [0, 0.05) is 12.6 Å². The smallest absolute Gasteiger partial charge is 0.259 e. The summed E-state index contributed by atoms with van der Waals surface area (Å²) in [6.45, 7) is 7.74. The highest BCUT2D eigenvalue weighted by molar-refractivity contribution is 7.90. The van der Waals surface area contributed by atoms with Crippen molar-refractivity contribution < 1.29 is 17.6 Å². The van der Waals surface area contributed by atoms with Crippen LogP contribution in [0.3, 0.4) is 0 Å². The van der Waals surface area contributed by atoms with Crippen molar-refractivity contribution in [3.63, 3.8) is 0 Å². The van der Waals surface area contributed by atoms with Crippen molar-refractivity contribution in [2.75, 3.05) is 11.9 Å². The molecule has 0 saturated heterocycles. The fourth-order valence-electron chi connectivity index (χ4n) is 3.86. The Morgan fingerprint density at radius 2 is 1.97 bits per heavy atom. The number of nitrogens with one attached hydrogen (secondary N) is 2. The summed E-state index contributed by atoms with van der Waals surface area (Å²) in [4.78, 5) is 17.4. The molecule has 1 saturated carbocycles. The topological polar surface area (TPSA) is 119 Å². The van der Waals surface area contributed by atoms with E-state index in [-0.39, 0.29) is 35.1 Å². The maximum absolute atomic E-state index is 14.8. The molecule has 1 amide bonds. The van der Waals surface area contributed by atoms with Crippen molar-refractivity contribution in [2.24, 2.45) is 0 Å². The number of aromatic nitrogens is 4. The first kappa shape index (κ1) is 24.9. The molecule has 11 heteroatoms. The Morgan fingerprint density at radius 1 is 1.23 bits per heavy atom. The number of carbonyl (C=O) groups excluding carboxylic acids is 1. The number of benzene rings is 1. The molecule has 186 valence electrons. The molecule has 2 heterocycles. The van der Waals surface area contributed by atoms with E-state index in [1.165, 1.54) is 12.1 Å². The Bertz CT molecular complexity index is 1350. The number of carbonyl (C=O) groups is 1. The molecule has 2 N–H and O–H groups in total. The van der Waals surface area contributed by atoms with Gasteiger partial charge in [-0.3, -0.25) is 4.79 Å². The molecule has 3 aromatic rings. The summed E-state index contributed by atoms with van der Waals surface area (Å²) in [5.74, 6) is -0.755. The van der Waals surface area contributed by atoms with Crippen LogP contribution in [-0.4, -0.2) is 45.9 Å². The molecule has 35 heavy (non-hydrogen) atoms. The molecule has 1 aliphatic carbocycles. The number of pyridine rings is 1. The minimum absolute atomic E-state index is 0.121. The lowest BCUT2D eigenvalue weighted by Gasteiger charge is -2.17. The SMILES string of the molecule is Cc1cc(F)c(C(=O)Nc2cccc(-c3nncn3C(C)C)n2)cc1C(C)CNS(=O)(=O)C1CC1. The second kappa shape index (κ2) is 9.82. The molecule has 0 radical (unpaired) electrons. The van der Waals surface area contributed by atoms with Gasteiger partial charge in [0.15, 0.2) is 5.82 Å². The van der Waals surface area contributed by atoms with Gasteiger partial charge >= 0.3 is 0 Å². The van der Waals surface area contributed by atoms with Crippen LogP contribution in [0.2, 0.25) is 0 Å². The molecule has 1 aromatic carbocycles. The van der Waals surface area contributed by atoms with E-state index in [9.17, 15) is 17.6 Å². The van der Waals surface area contributed by atoms with E-state index in [0.717, 1.165) is 0 Å². The molecule has 0 spiro atoms. The number of rotatable bonds is 9. The lowest BCUT2D eigenvalue weighted by molar-refractivity contribution is 0.102. The highest BCUT2D eigenvalue weighted by atomic mass is 32.2. The quantitative estimate of drug-likeness (QED) is 0.461. The maximum atomic E-state index is 14.8. The minimum atomic E-state index is -3.33. The summed E-state index contributed by atoms with van der Waals surface area (Å²) in [6, 6.07) is 7.99. The lowest BCUT2D eigenvalue weighted by atomic mass is 9.94. The molecular weight excluding hydrogens is 471 g/mol. The van der Waals surface area contributed by atoms with Crippen LogP contribution >= 0.6 is 0 Å². The predicted molar refractivity (Wildman–Crippen MR) is 131 cm³/mol. The molecule has 1 atom stereocenters. The summed E-state index contributed by atoms with van der Waals surface area (Å²) in [5.41, 5.74) is 1.72. The predicted octanol–water partition coefficient (Wildman–Crippen LogP) is 3.81. The first-order chi connectivity index (χ1) is 16.6. The van der Waals surface area contributed by atoms with E-state index < -0.39 is 21.7 Å². The van der Waals surface area contributed by atoms with Crippen molar-refractivity contribution in [3.05, 3.63) is 59.2 Å². The molecule has 4 rings (SSSR count). The zero-order valence-electron chi connectivity index (χ0n) is 20.1. The molecular formula is C24H29FN6O3S. The van der Waals surface area contributed by atoms with E-state index in [1.54, 1.807) is 31.5 Å². The molecule has 9 nitrogen and oxygen atoms in total. The molecule has 1 aliphatic rings. The van der Waals surface area contributed by atoms with Crippen LogP contribution in [-0.2, 0) is 10.0 Å². The van der Waals surface area contributed by atoms with Gasteiger partial charge in [0.05, 0.1) is 10.8 Å². The van der Waals surface area contributed by atoms with Gasteiger partial charge in [0.2, 0.25) is 10.0 Å². The van der Waals surface area contributed by atoms with Crippen LogP contribution in [0.15, 0.2) is 36.7 Å². The van der Waals surface area contributed by atoms with E-state index in [2.05, 4.69) is 25.2 Å². The Hall–Kier alpha value is -3.18. The second-order valence-corrected chi connectivity index (χ2v) is 11.2. The molecule has 1 unspecified atom stereocenters. The van der Waals surface area contributed by atoms with Crippen molar-refractivity contribution in [2.45, 2.75) is 57.7 Å². The number of hydrogen-bond donors (Lipinski definition) is 2. The van der Waals surface area contributed by atoms with Crippen molar-refractivity contribution in [3.8, 4) is 11.5 Å². The van der Waals surface area contributed by atoms with Crippen LogP contribution in [0.25, 0.3) is 11.5 Å². The van der Waals surface area contributed by atoms with Gasteiger partial charge in [-0.1, -0.05) is 13.0 Å². The molecule has 0 aliphatic heterocycles. The number of aryl methyl sites for hydroxylation is 1. The van der Waals surface area contributed by atoms with E-state index in [0.29, 0.717) is 35.5 Å². The normalized spacial score (nSPS) is 14.8. The maximum Gasteiger partial charge on any atom is 0.259 e. The Kier molecular flexibility index (Phi) is 7.00. The van der Waals surface area contributed by atoms with Crippen LogP contribution in [0.1, 0.15) is 67.1 Å². The number of sulfonamides is 1. The minimum Gasteiger partial charge on any atom is -0.310 e. The van der Waals surface area contributed by atoms with Gasteiger partial charge in [-0.2, -0.15) is 0 Å². The number of hydrogen-bond acceptors (Lipinski definition) is 6. The highest BCUT2D eigenvalue weighted by Crippen LogP contribution is 2.29. The summed E-state index contributed by atoms with van der Waals surface area (Å²) in [5, 5.41) is 10.4. The second-order valence-electron chi connectivity index (χ2n) is 9.20. The fraction of sp³-hybridized carbons (Fsp3) is 0.417. The third-order valence-electron chi connectivity index (χ3n) is 6.03. The zero-order chi connectivity index (χ0) is 25.3. The van der Waals surface area contributed by atoms with Crippen LogP contribution in [0.5, 0.6) is 0 Å². The first-order valence-corrected chi connectivity index (χ1v) is 13.1. The van der Waals surface area contributed by atoms with Crippen molar-refractivity contribution in [1.29, 1.82) is 0 Å². The van der Waals surface area contributed by atoms with Gasteiger partial charge in [0.25, 0.3) is 5.91 Å². The van der Waals surface area contributed by atoms with Gasteiger partial charge in [-0.05, 0) is 74.9 Å². The summed E-state index contributed by atoms with van der Waals surface area (Å²) >= 11 is 0. The van der Waals surface area contributed by atoms with Crippen LogP contribution in [0.4, 0.5) is 10.2 Å². The van der Waals surface area contributed by atoms with E-state index >= 15 is 0 Å². The number of halogens is 1. The average molecular weight is 501 g/mol. The van der Waals surface area contributed by atoms with Crippen molar-refractivity contribution in [1.82, 2.24) is 24.5 Å². The van der Waals surface area contributed by atoms with Crippen molar-refractivity contribution >= 4 is 21.7 Å². The third-order valence-corrected chi connectivity index (χ3v) is 7.95. The zero-order valence-corrected chi connectivity index (χ0v) is 20.9. The third kappa shape index (κ3) is 5.57. The average Bonchev–Trinajstić information content (AvgIpc) is 3.55. The van der Waals surface area contributed by atoms with Gasteiger partial charge < -0.3 is 9.88 Å². The largest absolute Gasteiger partial charge is 0.310 e.